The van der Waals surface area contributed by atoms with Crippen LogP contribution in [0.15, 0.2) is 24.8 Å². The third-order valence-electron chi connectivity index (χ3n) is 5.11. The molecule has 4 nitrogen and oxygen atoms in total. The van der Waals surface area contributed by atoms with E-state index in [0.29, 0.717) is 12.2 Å². The highest BCUT2D eigenvalue weighted by Gasteiger charge is 2.09. The van der Waals surface area contributed by atoms with Gasteiger partial charge in [-0.05, 0) is 32.6 Å². The highest BCUT2D eigenvalue weighted by Crippen LogP contribution is 2.11. The van der Waals surface area contributed by atoms with E-state index in [4.69, 9.17) is 9.47 Å². The summed E-state index contributed by atoms with van der Waals surface area (Å²) in [6, 6.07) is 0. The van der Waals surface area contributed by atoms with Gasteiger partial charge >= 0.3 is 11.9 Å². The topological polar surface area (TPSA) is 52.6 Å². The van der Waals surface area contributed by atoms with Crippen molar-refractivity contribution < 1.29 is 19.1 Å². The zero-order valence-electron chi connectivity index (χ0n) is 21.0. The minimum atomic E-state index is -0.302. The van der Waals surface area contributed by atoms with Gasteiger partial charge in [0.1, 0.15) is 6.10 Å². The molecule has 0 heterocycles. The molecule has 182 valence electrons. The lowest BCUT2D eigenvalue weighted by Crippen LogP contribution is -2.15. The molecule has 0 fully saturated rings. The number of carbonyl (C=O) groups is 2. The summed E-state index contributed by atoms with van der Waals surface area (Å²) in [5, 5.41) is 0. The number of hydrogen-bond acceptors (Lipinski definition) is 4. The molecule has 0 saturated carbocycles. The molecular weight excluding hydrogens is 388 g/mol. The Morgan fingerprint density at radius 3 is 1.74 bits per heavy atom. The van der Waals surface area contributed by atoms with Crippen LogP contribution in [-0.4, -0.2) is 24.6 Å². The van der Waals surface area contributed by atoms with Gasteiger partial charge in [-0.3, -0.25) is 0 Å². The normalized spacial score (nSPS) is 11.1. The molecule has 4 heteroatoms. The number of unbranched alkanes of at least 4 members (excludes halogenated alkanes) is 11. The van der Waals surface area contributed by atoms with Crippen LogP contribution in [0.25, 0.3) is 0 Å². The summed E-state index contributed by atoms with van der Waals surface area (Å²) in [4.78, 5) is 22.0. The van der Waals surface area contributed by atoms with Gasteiger partial charge in [0.05, 0.1) is 6.61 Å². The average Bonchev–Trinajstić information content (AvgIpc) is 2.76. The van der Waals surface area contributed by atoms with E-state index in [0.717, 1.165) is 25.7 Å². The van der Waals surface area contributed by atoms with Crippen LogP contribution >= 0.6 is 0 Å². The van der Waals surface area contributed by atoms with Crippen molar-refractivity contribution in [3.05, 3.63) is 24.8 Å². The summed E-state index contributed by atoms with van der Waals surface area (Å²) in [7, 11) is 0. The molecule has 1 unspecified atom stereocenters. The summed E-state index contributed by atoms with van der Waals surface area (Å²) < 4.78 is 10.2. The third-order valence-corrected chi connectivity index (χ3v) is 5.11. The van der Waals surface area contributed by atoms with Crippen molar-refractivity contribution in [3.63, 3.8) is 0 Å². The standard InChI is InChI=1S/C16H30O2.C11H20O2/c1-4-5-6-7-8-9-10-11-12-13-14-18-16(17)15(2)3;1-4-7-8-9-10(5-2)13-11(12)6-3/h2,4-14H2,1,3H3;6,10H,3-5,7-9H2,1-2H3. The molecule has 0 radical (unpaired) electrons. The van der Waals surface area contributed by atoms with Crippen molar-refractivity contribution in [1.82, 2.24) is 0 Å². The van der Waals surface area contributed by atoms with Crippen LogP contribution in [0.5, 0.6) is 0 Å². The molecule has 1 atom stereocenters. The molecular formula is C27H50O4. The van der Waals surface area contributed by atoms with Gasteiger partial charge in [-0.2, -0.15) is 0 Å². The van der Waals surface area contributed by atoms with Crippen LogP contribution in [0.4, 0.5) is 0 Å². The lowest BCUT2D eigenvalue weighted by molar-refractivity contribution is -0.143. The van der Waals surface area contributed by atoms with Crippen molar-refractivity contribution in [1.29, 1.82) is 0 Å². The summed E-state index contributed by atoms with van der Waals surface area (Å²) >= 11 is 0. The average molecular weight is 439 g/mol. The SMILES string of the molecule is C=C(C)C(=O)OCCCCCCCCCCCC.C=CC(=O)OC(CC)CCCCC. The van der Waals surface area contributed by atoms with Gasteiger partial charge in [-0.1, -0.05) is 105 Å². The first-order valence-electron chi connectivity index (χ1n) is 12.6. The molecule has 0 aromatic heterocycles. The van der Waals surface area contributed by atoms with E-state index in [-0.39, 0.29) is 18.0 Å². The molecule has 0 saturated heterocycles. The van der Waals surface area contributed by atoms with Gasteiger partial charge < -0.3 is 9.47 Å². The number of carbonyl (C=O) groups excluding carboxylic acids is 2. The van der Waals surface area contributed by atoms with Crippen LogP contribution in [0.3, 0.4) is 0 Å². The van der Waals surface area contributed by atoms with E-state index in [1.807, 2.05) is 6.92 Å². The molecule has 31 heavy (non-hydrogen) atoms. The fourth-order valence-electron chi connectivity index (χ4n) is 3.06. The fraction of sp³-hybridized carbons (Fsp3) is 0.778. The molecule has 0 aliphatic heterocycles. The predicted octanol–water partition coefficient (Wildman–Crippen LogP) is 8.10. The first-order valence-corrected chi connectivity index (χ1v) is 12.6. The minimum Gasteiger partial charge on any atom is -0.462 e. The second-order valence-electron chi connectivity index (χ2n) is 8.27. The van der Waals surface area contributed by atoms with Crippen molar-refractivity contribution in [2.45, 2.75) is 130 Å². The molecule has 0 aromatic rings. The maximum absolute atomic E-state index is 11.1. The third kappa shape index (κ3) is 24.6. The molecule has 0 rings (SSSR count). The smallest absolute Gasteiger partial charge is 0.333 e. The molecule has 0 aliphatic rings. The lowest BCUT2D eigenvalue weighted by atomic mass is 10.1. The van der Waals surface area contributed by atoms with Crippen LogP contribution < -0.4 is 0 Å². The molecule has 0 amide bonds. The van der Waals surface area contributed by atoms with Gasteiger partial charge in [-0.15, -0.1) is 0 Å². The van der Waals surface area contributed by atoms with Crippen molar-refractivity contribution in [3.8, 4) is 0 Å². The Bertz CT molecular complexity index is 456. The first-order chi connectivity index (χ1) is 14.9. The van der Waals surface area contributed by atoms with Gasteiger partial charge in [0.2, 0.25) is 0 Å². The zero-order chi connectivity index (χ0) is 23.7. The summed E-state index contributed by atoms with van der Waals surface area (Å²) in [6.45, 7) is 15.6. The van der Waals surface area contributed by atoms with E-state index in [1.165, 1.54) is 76.7 Å². The lowest BCUT2D eigenvalue weighted by Gasteiger charge is -2.14. The van der Waals surface area contributed by atoms with Gasteiger partial charge in [0, 0.05) is 11.6 Å². The predicted molar refractivity (Wildman–Crippen MR) is 132 cm³/mol. The number of rotatable bonds is 19. The first kappa shape index (κ1) is 31.6. The molecule has 0 aliphatic carbocycles. The minimum absolute atomic E-state index is 0.0806. The Labute approximate surface area is 192 Å². The van der Waals surface area contributed by atoms with Crippen molar-refractivity contribution in [2.75, 3.05) is 6.61 Å². The molecule has 0 spiro atoms. The highest BCUT2D eigenvalue weighted by atomic mass is 16.5. The molecule has 0 bridgehead atoms. The molecule has 0 N–H and O–H groups in total. The van der Waals surface area contributed by atoms with E-state index in [2.05, 4.69) is 27.0 Å². The van der Waals surface area contributed by atoms with Crippen LogP contribution in [0, 0.1) is 0 Å². The van der Waals surface area contributed by atoms with E-state index in [9.17, 15) is 9.59 Å². The summed E-state index contributed by atoms with van der Waals surface area (Å²) in [6.07, 6.45) is 19.7. The monoisotopic (exact) mass is 438 g/mol. The quantitative estimate of drug-likeness (QED) is 0.116. The number of ether oxygens (including phenoxy) is 2. The number of esters is 2. The fourth-order valence-corrected chi connectivity index (χ4v) is 3.06. The zero-order valence-corrected chi connectivity index (χ0v) is 21.0. The van der Waals surface area contributed by atoms with Gasteiger partial charge in [0.15, 0.2) is 0 Å². The highest BCUT2D eigenvalue weighted by molar-refractivity contribution is 5.86. The van der Waals surface area contributed by atoms with Gasteiger partial charge in [0.25, 0.3) is 0 Å². The van der Waals surface area contributed by atoms with E-state index in [1.54, 1.807) is 6.92 Å². The summed E-state index contributed by atoms with van der Waals surface area (Å²) in [5.74, 6) is -0.561. The summed E-state index contributed by atoms with van der Waals surface area (Å²) in [5.41, 5.74) is 0.488. The van der Waals surface area contributed by atoms with E-state index >= 15 is 0 Å². The second kappa shape index (κ2) is 24.7. The Morgan fingerprint density at radius 1 is 0.806 bits per heavy atom. The van der Waals surface area contributed by atoms with Gasteiger partial charge in [-0.25, -0.2) is 9.59 Å². The van der Waals surface area contributed by atoms with E-state index < -0.39 is 0 Å². The Balaban J connectivity index is 0. The largest absolute Gasteiger partial charge is 0.462 e. The van der Waals surface area contributed by atoms with Crippen LogP contribution in [0.1, 0.15) is 124 Å². The number of hydrogen-bond donors (Lipinski definition) is 0. The van der Waals surface area contributed by atoms with Crippen LogP contribution in [0.2, 0.25) is 0 Å². The Kier molecular flexibility index (Phi) is 25.2. The van der Waals surface area contributed by atoms with Crippen LogP contribution in [-0.2, 0) is 19.1 Å². The van der Waals surface area contributed by atoms with Crippen molar-refractivity contribution >= 4 is 11.9 Å². The Morgan fingerprint density at radius 2 is 1.29 bits per heavy atom. The maximum atomic E-state index is 11.1. The molecule has 0 aromatic carbocycles. The van der Waals surface area contributed by atoms with Crippen molar-refractivity contribution in [2.24, 2.45) is 0 Å². The second-order valence-corrected chi connectivity index (χ2v) is 8.27. The maximum Gasteiger partial charge on any atom is 0.333 e. The Hall–Kier alpha value is -1.58.